The van der Waals surface area contributed by atoms with Crippen LogP contribution in [-0.4, -0.2) is 77.6 Å². The normalized spacial score (nSPS) is 20.1. The lowest BCUT2D eigenvalue weighted by Gasteiger charge is -2.39. The van der Waals surface area contributed by atoms with Gasteiger partial charge in [0.05, 0.1) is 18.6 Å². The third-order valence-electron chi connectivity index (χ3n) is 7.48. The molecule has 1 saturated carbocycles. The summed E-state index contributed by atoms with van der Waals surface area (Å²) in [5.41, 5.74) is 1.62. The lowest BCUT2D eigenvalue weighted by Crippen LogP contribution is -2.53. The first kappa shape index (κ1) is 23.5. The van der Waals surface area contributed by atoms with Gasteiger partial charge in [0.1, 0.15) is 5.60 Å². The van der Waals surface area contributed by atoms with Crippen LogP contribution in [0, 0.1) is 5.41 Å². The average Bonchev–Trinajstić information content (AvgIpc) is 3.61. The fraction of sp³-hybridized carbons (Fsp3) is 0.444. The molecule has 0 atom stereocenters. The van der Waals surface area contributed by atoms with Crippen molar-refractivity contribution in [2.24, 2.45) is 5.41 Å². The molecule has 8 heteroatoms. The molecule has 2 heterocycles. The number of amides is 3. The number of nitrogens with zero attached hydrogens (tertiary/aromatic N) is 2. The highest BCUT2D eigenvalue weighted by molar-refractivity contribution is 5.97. The monoisotopic (exact) mass is 477 g/mol. The average molecular weight is 478 g/mol. The van der Waals surface area contributed by atoms with Crippen molar-refractivity contribution in [3.63, 3.8) is 0 Å². The molecule has 2 aromatic carbocycles. The predicted octanol–water partition coefficient (Wildman–Crippen LogP) is 2.53. The maximum atomic E-state index is 13.0. The van der Waals surface area contributed by atoms with Gasteiger partial charge in [0, 0.05) is 37.4 Å². The van der Waals surface area contributed by atoms with Crippen LogP contribution >= 0.6 is 0 Å². The van der Waals surface area contributed by atoms with Crippen molar-refractivity contribution < 1.29 is 24.2 Å². The van der Waals surface area contributed by atoms with E-state index < -0.39 is 11.0 Å². The van der Waals surface area contributed by atoms with Gasteiger partial charge in [0.15, 0.2) is 0 Å². The molecule has 8 nitrogen and oxygen atoms in total. The Hall–Kier alpha value is -3.23. The van der Waals surface area contributed by atoms with Gasteiger partial charge >= 0.3 is 0 Å². The quantitative estimate of drug-likeness (QED) is 0.666. The van der Waals surface area contributed by atoms with E-state index in [1.165, 1.54) is 0 Å². The van der Waals surface area contributed by atoms with Crippen LogP contribution in [0.25, 0.3) is 11.1 Å². The number of nitrogens with one attached hydrogen (secondary N) is 1. The van der Waals surface area contributed by atoms with Crippen molar-refractivity contribution in [3.8, 4) is 11.1 Å². The highest BCUT2D eigenvalue weighted by atomic mass is 16.5. The van der Waals surface area contributed by atoms with E-state index in [9.17, 15) is 19.5 Å². The van der Waals surface area contributed by atoms with Gasteiger partial charge in [-0.2, -0.15) is 0 Å². The number of hydrogen-bond acceptors (Lipinski definition) is 5. The van der Waals surface area contributed by atoms with Gasteiger partial charge in [-0.15, -0.1) is 0 Å². The molecule has 2 saturated heterocycles. The number of ether oxygens (including phenoxy) is 1. The molecule has 1 aliphatic carbocycles. The third-order valence-corrected chi connectivity index (χ3v) is 7.48. The summed E-state index contributed by atoms with van der Waals surface area (Å²) in [6, 6.07) is 15.1. The highest BCUT2D eigenvalue weighted by Crippen LogP contribution is 2.37. The zero-order chi connectivity index (χ0) is 24.6. The Morgan fingerprint density at radius 3 is 2.17 bits per heavy atom. The predicted molar refractivity (Wildman–Crippen MR) is 131 cm³/mol. The molecule has 0 radical (unpaired) electrons. The molecule has 0 unspecified atom stereocenters. The van der Waals surface area contributed by atoms with Crippen LogP contribution in [0.4, 0.5) is 5.69 Å². The van der Waals surface area contributed by atoms with Gasteiger partial charge in [0.25, 0.3) is 11.8 Å². The standard InChI is InChI=1S/C27H31N3O5/c1-2-26(17-35-18-26)24(32)28-22-5-3-4-21(16-22)19-6-8-20(9-7-19)23(31)29-12-14-30(15-13-29)25(33)27(34)10-11-27/h3-9,16,34H,2,10-15,17-18H2,1H3,(H,28,32). The Bertz CT molecular complexity index is 1120. The van der Waals surface area contributed by atoms with Crippen molar-refractivity contribution in [2.45, 2.75) is 31.8 Å². The molecule has 2 aromatic rings. The summed E-state index contributed by atoms with van der Waals surface area (Å²) in [5.74, 6) is -0.293. The molecule has 0 aromatic heterocycles. The zero-order valence-electron chi connectivity index (χ0n) is 20.0. The summed E-state index contributed by atoms with van der Waals surface area (Å²) < 4.78 is 5.27. The van der Waals surface area contributed by atoms with Crippen LogP contribution in [-0.2, 0) is 14.3 Å². The van der Waals surface area contributed by atoms with Crippen LogP contribution in [0.1, 0.15) is 36.5 Å². The van der Waals surface area contributed by atoms with E-state index in [2.05, 4.69) is 5.32 Å². The summed E-state index contributed by atoms with van der Waals surface area (Å²) in [6.45, 7) is 4.70. The van der Waals surface area contributed by atoms with E-state index in [0.717, 1.165) is 23.2 Å². The van der Waals surface area contributed by atoms with Crippen molar-refractivity contribution in [3.05, 3.63) is 54.1 Å². The van der Waals surface area contributed by atoms with Crippen LogP contribution < -0.4 is 5.32 Å². The van der Waals surface area contributed by atoms with E-state index in [1.54, 1.807) is 9.80 Å². The fourth-order valence-corrected chi connectivity index (χ4v) is 4.61. The van der Waals surface area contributed by atoms with Gasteiger partial charge in [-0.1, -0.05) is 31.2 Å². The van der Waals surface area contributed by atoms with Crippen molar-refractivity contribution in [1.29, 1.82) is 0 Å². The SMILES string of the molecule is CCC1(C(=O)Nc2cccc(-c3ccc(C(=O)N4CCN(C(=O)C5(O)CC5)CC4)cc3)c2)COC1. The van der Waals surface area contributed by atoms with E-state index in [-0.39, 0.29) is 17.7 Å². The number of rotatable bonds is 6. The van der Waals surface area contributed by atoms with Crippen LogP contribution in [0.2, 0.25) is 0 Å². The fourth-order valence-electron chi connectivity index (χ4n) is 4.61. The van der Waals surface area contributed by atoms with E-state index in [4.69, 9.17) is 4.74 Å². The topological polar surface area (TPSA) is 99.2 Å². The van der Waals surface area contributed by atoms with Gasteiger partial charge in [0.2, 0.25) is 5.91 Å². The van der Waals surface area contributed by atoms with Gasteiger partial charge in [-0.25, -0.2) is 0 Å². The van der Waals surface area contributed by atoms with Crippen molar-refractivity contribution in [1.82, 2.24) is 9.80 Å². The summed E-state index contributed by atoms with van der Waals surface area (Å²) >= 11 is 0. The minimum Gasteiger partial charge on any atom is -0.380 e. The number of anilines is 1. The Morgan fingerprint density at radius 2 is 1.60 bits per heavy atom. The van der Waals surface area contributed by atoms with Crippen LogP contribution in [0.3, 0.4) is 0 Å². The number of carbonyl (C=O) groups is 3. The van der Waals surface area contributed by atoms with E-state index >= 15 is 0 Å². The summed E-state index contributed by atoms with van der Waals surface area (Å²) in [5, 5.41) is 13.1. The Morgan fingerprint density at radius 1 is 0.943 bits per heavy atom. The lowest BCUT2D eigenvalue weighted by atomic mass is 9.82. The smallest absolute Gasteiger partial charge is 0.254 e. The van der Waals surface area contributed by atoms with E-state index in [0.29, 0.717) is 57.8 Å². The second-order valence-corrected chi connectivity index (χ2v) is 9.85. The number of hydrogen-bond donors (Lipinski definition) is 2. The summed E-state index contributed by atoms with van der Waals surface area (Å²) in [7, 11) is 0. The highest BCUT2D eigenvalue weighted by Gasteiger charge is 2.50. The number of aliphatic hydroxyl groups is 1. The van der Waals surface area contributed by atoms with E-state index in [1.807, 2.05) is 55.5 Å². The Balaban J connectivity index is 1.21. The molecule has 2 aliphatic heterocycles. The van der Waals surface area contributed by atoms with Crippen LogP contribution in [0.5, 0.6) is 0 Å². The first-order chi connectivity index (χ1) is 16.8. The molecule has 5 rings (SSSR count). The van der Waals surface area contributed by atoms with Gasteiger partial charge in [-0.05, 0) is 54.7 Å². The minimum atomic E-state index is -1.16. The molecule has 2 N–H and O–H groups in total. The lowest BCUT2D eigenvalue weighted by molar-refractivity contribution is -0.156. The molecule has 3 aliphatic rings. The summed E-state index contributed by atoms with van der Waals surface area (Å²) in [4.78, 5) is 41.4. The number of carbonyl (C=O) groups excluding carboxylic acids is 3. The largest absolute Gasteiger partial charge is 0.380 e. The molecule has 0 bridgehead atoms. The Kier molecular flexibility index (Phi) is 6.11. The van der Waals surface area contributed by atoms with Crippen molar-refractivity contribution in [2.75, 3.05) is 44.7 Å². The van der Waals surface area contributed by atoms with Crippen LogP contribution in [0.15, 0.2) is 48.5 Å². The second kappa shape index (κ2) is 9.09. The van der Waals surface area contributed by atoms with Gasteiger partial charge in [-0.3, -0.25) is 14.4 Å². The third kappa shape index (κ3) is 4.56. The number of benzene rings is 2. The summed E-state index contributed by atoms with van der Waals surface area (Å²) in [6.07, 6.45) is 1.80. The molecule has 35 heavy (non-hydrogen) atoms. The first-order valence-electron chi connectivity index (χ1n) is 12.2. The molecule has 184 valence electrons. The maximum absolute atomic E-state index is 13.0. The molecule has 3 fully saturated rings. The molecular weight excluding hydrogens is 446 g/mol. The second-order valence-electron chi connectivity index (χ2n) is 9.85. The maximum Gasteiger partial charge on any atom is 0.254 e. The Labute approximate surface area is 204 Å². The molecule has 0 spiro atoms. The molecule has 3 amide bonds. The first-order valence-corrected chi connectivity index (χ1v) is 12.2. The number of piperazine rings is 1. The minimum absolute atomic E-state index is 0.0163. The van der Waals surface area contributed by atoms with Gasteiger partial charge < -0.3 is 25.0 Å². The zero-order valence-corrected chi connectivity index (χ0v) is 20.0. The van der Waals surface area contributed by atoms with Crippen molar-refractivity contribution >= 4 is 23.4 Å². The molecular formula is C27H31N3O5.